The number of nitro groups is 1. The zero-order chi connectivity index (χ0) is 24.1. The lowest BCUT2D eigenvalue weighted by atomic mass is 10.2. The summed E-state index contributed by atoms with van der Waals surface area (Å²) in [5.74, 6) is 1.42. The van der Waals surface area contributed by atoms with Crippen molar-refractivity contribution in [3.63, 3.8) is 0 Å². The number of methoxy groups -OCH3 is 1. The summed E-state index contributed by atoms with van der Waals surface area (Å²) in [4.78, 5) is 39.8. The van der Waals surface area contributed by atoms with Crippen molar-refractivity contribution in [3.05, 3.63) is 40.7 Å². The van der Waals surface area contributed by atoms with Gasteiger partial charge in [0.1, 0.15) is 12.1 Å². The Bertz CT molecular complexity index is 1000. The molecule has 2 saturated heterocycles. The molecule has 182 valence electrons. The molecule has 0 unspecified atom stereocenters. The van der Waals surface area contributed by atoms with Crippen LogP contribution >= 0.6 is 0 Å². The van der Waals surface area contributed by atoms with Crippen molar-refractivity contribution in [2.75, 3.05) is 80.8 Å². The molecule has 12 nitrogen and oxygen atoms in total. The molecule has 0 atom stereocenters. The molecule has 12 heteroatoms. The van der Waals surface area contributed by atoms with Gasteiger partial charge in [-0.3, -0.25) is 10.1 Å². The average Bonchev–Trinajstić information content (AvgIpc) is 2.88. The van der Waals surface area contributed by atoms with E-state index in [4.69, 9.17) is 9.47 Å². The van der Waals surface area contributed by atoms with Gasteiger partial charge in [0, 0.05) is 58.0 Å². The minimum Gasteiger partial charge on any atom is -0.497 e. The van der Waals surface area contributed by atoms with Crippen LogP contribution in [0.15, 0.2) is 30.6 Å². The summed E-state index contributed by atoms with van der Waals surface area (Å²) in [6, 6.07) is 7.86. The van der Waals surface area contributed by atoms with Gasteiger partial charge in [0.25, 0.3) is 0 Å². The maximum absolute atomic E-state index is 12.1. The highest BCUT2D eigenvalue weighted by Gasteiger charge is 2.33. The molecule has 2 aromatic rings. The van der Waals surface area contributed by atoms with E-state index in [0.29, 0.717) is 64.8 Å². The molecule has 0 aliphatic carbocycles. The fourth-order valence-corrected chi connectivity index (χ4v) is 4.27. The summed E-state index contributed by atoms with van der Waals surface area (Å²) >= 11 is 0. The molecule has 0 radical (unpaired) electrons. The van der Waals surface area contributed by atoms with Crippen molar-refractivity contribution in [3.8, 4) is 5.75 Å². The normalized spacial score (nSPS) is 16.4. The first-order valence-electron chi connectivity index (χ1n) is 11.3. The minimum atomic E-state index is -0.405. The Morgan fingerprint density at radius 3 is 1.97 bits per heavy atom. The molecule has 0 N–H and O–H groups in total. The first-order chi connectivity index (χ1) is 16.5. The predicted octanol–water partition coefficient (Wildman–Crippen LogP) is 2.00. The van der Waals surface area contributed by atoms with Crippen LogP contribution in [0.3, 0.4) is 0 Å². The van der Waals surface area contributed by atoms with Crippen LogP contribution in [0.1, 0.15) is 6.92 Å². The van der Waals surface area contributed by atoms with E-state index in [1.54, 1.807) is 18.9 Å². The maximum Gasteiger partial charge on any atom is 0.409 e. The number of anilines is 3. The van der Waals surface area contributed by atoms with Crippen molar-refractivity contribution in [2.24, 2.45) is 0 Å². The molecule has 0 spiro atoms. The number of aromatic nitrogens is 2. The summed E-state index contributed by atoms with van der Waals surface area (Å²) in [5.41, 5.74) is 0.989. The Morgan fingerprint density at radius 1 is 0.941 bits per heavy atom. The number of carbonyl (C=O) groups is 1. The molecule has 2 aliphatic heterocycles. The molecule has 0 saturated carbocycles. The van der Waals surface area contributed by atoms with Crippen LogP contribution in [0.4, 0.5) is 27.8 Å². The topological polar surface area (TPSA) is 117 Å². The SMILES string of the molecule is CCOC(=O)N1CCN(c2ncnc(N3CCN(c4ccc(OC)cc4)CC3)c2[N+](=O)[O-])CC1. The number of rotatable bonds is 6. The zero-order valence-corrected chi connectivity index (χ0v) is 19.4. The van der Waals surface area contributed by atoms with Crippen LogP contribution in [-0.4, -0.2) is 92.0 Å². The second-order valence-corrected chi connectivity index (χ2v) is 7.97. The molecule has 3 heterocycles. The van der Waals surface area contributed by atoms with E-state index in [1.165, 1.54) is 6.33 Å². The Labute approximate surface area is 197 Å². The number of hydrogen-bond donors (Lipinski definition) is 0. The summed E-state index contributed by atoms with van der Waals surface area (Å²) in [6.45, 7) is 6.37. The fraction of sp³-hybridized carbons (Fsp3) is 0.500. The van der Waals surface area contributed by atoms with Crippen LogP contribution in [0, 0.1) is 10.1 Å². The molecule has 1 aromatic carbocycles. The van der Waals surface area contributed by atoms with E-state index in [1.807, 2.05) is 34.1 Å². The van der Waals surface area contributed by atoms with Gasteiger partial charge >= 0.3 is 11.8 Å². The molecular formula is C22H29N7O5. The van der Waals surface area contributed by atoms with Gasteiger partial charge < -0.3 is 29.1 Å². The Kier molecular flexibility index (Phi) is 7.14. The van der Waals surface area contributed by atoms with Crippen molar-refractivity contribution in [1.29, 1.82) is 0 Å². The molecule has 2 fully saturated rings. The van der Waals surface area contributed by atoms with E-state index in [0.717, 1.165) is 11.4 Å². The monoisotopic (exact) mass is 471 g/mol. The molecule has 1 amide bonds. The third-order valence-corrected chi connectivity index (χ3v) is 6.09. The third kappa shape index (κ3) is 4.90. The first kappa shape index (κ1) is 23.3. The van der Waals surface area contributed by atoms with Crippen molar-refractivity contribution < 1.29 is 19.2 Å². The third-order valence-electron chi connectivity index (χ3n) is 6.09. The number of hydrogen-bond acceptors (Lipinski definition) is 10. The first-order valence-corrected chi connectivity index (χ1v) is 11.3. The number of ether oxygens (including phenoxy) is 2. The van der Waals surface area contributed by atoms with Crippen LogP contribution < -0.4 is 19.4 Å². The van der Waals surface area contributed by atoms with Crippen molar-refractivity contribution in [2.45, 2.75) is 6.92 Å². The van der Waals surface area contributed by atoms with Gasteiger partial charge in [0.2, 0.25) is 11.6 Å². The minimum absolute atomic E-state index is 0.0926. The highest BCUT2D eigenvalue weighted by Crippen LogP contribution is 2.35. The quantitative estimate of drug-likeness (QED) is 0.457. The van der Waals surface area contributed by atoms with E-state index in [9.17, 15) is 14.9 Å². The van der Waals surface area contributed by atoms with E-state index in [-0.39, 0.29) is 17.6 Å². The largest absolute Gasteiger partial charge is 0.497 e. The van der Waals surface area contributed by atoms with Gasteiger partial charge in [-0.2, -0.15) is 0 Å². The van der Waals surface area contributed by atoms with Gasteiger partial charge in [-0.25, -0.2) is 14.8 Å². The number of nitrogens with zero attached hydrogens (tertiary/aromatic N) is 7. The number of piperazine rings is 2. The number of carbonyl (C=O) groups excluding carboxylic acids is 1. The number of benzene rings is 1. The Balaban J connectivity index is 1.46. The Hall–Kier alpha value is -3.83. The maximum atomic E-state index is 12.1. The average molecular weight is 472 g/mol. The second-order valence-electron chi connectivity index (χ2n) is 7.97. The van der Waals surface area contributed by atoms with Gasteiger partial charge in [0.05, 0.1) is 18.6 Å². The summed E-state index contributed by atoms with van der Waals surface area (Å²) in [5, 5.41) is 12.1. The molecule has 2 aliphatic rings. The van der Waals surface area contributed by atoms with Crippen molar-refractivity contribution >= 4 is 29.1 Å². The predicted molar refractivity (Wildman–Crippen MR) is 127 cm³/mol. The van der Waals surface area contributed by atoms with Gasteiger partial charge in [0.15, 0.2) is 0 Å². The van der Waals surface area contributed by atoms with Crippen molar-refractivity contribution in [1.82, 2.24) is 14.9 Å². The van der Waals surface area contributed by atoms with Crippen LogP contribution in [0.2, 0.25) is 0 Å². The molecule has 34 heavy (non-hydrogen) atoms. The standard InChI is InChI=1S/C22H29N7O5/c1-3-34-22(30)28-14-12-27(13-15-28)21-19(29(31)32)20(23-16-24-21)26-10-8-25(9-11-26)17-4-6-18(33-2)7-5-17/h4-7,16H,3,8-15H2,1-2H3. The smallest absolute Gasteiger partial charge is 0.409 e. The lowest BCUT2D eigenvalue weighted by Crippen LogP contribution is -2.49. The van der Waals surface area contributed by atoms with Gasteiger partial charge in [-0.05, 0) is 31.2 Å². The zero-order valence-electron chi connectivity index (χ0n) is 19.4. The fourth-order valence-electron chi connectivity index (χ4n) is 4.27. The Morgan fingerprint density at radius 2 is 1.47 bits per heavy atom. The van der Waals surface area contributed by atoms with E-state index < -0.39 is 4.92 Å². The summed E-state index contributed by atoms with van der Waals surface area (Å²) < 4.78 is 10.3. The molecule has 4 rings (SSSR count). The molecular weight excluding hydrogens is 442 g/mol. The van der Waals surface area contributed by atoms with E-state index in [2.05, 4.69) is 14.9 Å². The van der Waals surface area contributed by atoms with Crippen LogP contribution in [0.5, 0.6) is 5.75 Å². The summed E-state index contributed by atoms with van der Waals surface area (Å²) in [6.07, 6.45) is 1.01. The van der Waals surface area contributed by atoms with Gasteiger partial charge in [-0.1, -0.05) is 0 Å². The molecule has 1 aromatic heterocycles. The molecule has 0 bridgehead atoms. The van der Waals surface area contributed by atoms with E-state index >= 15 is 0 Å². The lowest BCUT2D eigenvalue weighted by molar-refractivity contribution is -0.383. The number of amides is 1. The lowest BCUT2D eigenvalue weighted by Gasteiger charge is -2.37. The van der Waals surface area contributed by atoms with Gasteiger partial charge in [-0.15, -0.1) is 0 Å². The second kappa shape index (κ2) is 10.4. The summed E-state index contributed by atoms with van der Waals surface area (Å²) in [7, 11) is 1.64. The van der Waals surface area contributed by atoms with Crippen LogP contribution in [0.25, 0.3) is 0 Å². The highest BCUT2D eigenvalue weighted by molar-refractivity contribution is 5.73. The van der Waals surface area contributed by atoms with Crippen LogP contribution in [-0.2, 0) is 4.74 Å². The highest BCUT2D eigenvalue weighted by atomic mass is 16.6.